The maximum absolute atomic E-state index is 6.11. The molecule has 0 atom stereocenters. The van der Waals surface area contributed by atoms with Gasteiger partial charge in [0.2, 0.25) is 5.95 Å². The first-order chi connectivity index (χ1) is 11.6. The van der Waals surface area contributed by atoms with Crippen molar-refractivity contribution >= 4 is 34.7 Å². The third-order valence-corrected chi connectivity index (χ3v) is 3.59. The minimum absolute atomic E-state index is 0.369. The van der Waals surface area contributed by atoms with Gasteiger partial charge in [-0.2, -0.15) is 10.1 Å². The molecule has 2 aromatic carbocycles. The van der Waals surface area contributed by atoms with Crippen LogP contribution in [0.4, 0.5) is 23.1 Å². The van der Waals surface area contributed by atoms with Gasteiger partial charge in [-0.15, -0.1) is 5.10 Å². The Labute approximate surface area is 144 Å². The predicted molar refractivity (Wildman–Crippen MR) is 95.6 cm³/mol. The molecule has 0 saturated carbocycles. The van der Waals surface area contributed by atoms with E-state index >= 15 is 0 Å². The van der Waals surface area contributed by atoms with E-state index in [2.05, 4.69) is 25.8 Å². The summed E-state index contributed by atoms with van der Waals surface area (Å²) in [5.74, 6) is 1.57. The van der Waals surface area contributed by atoms with Crippen molar-refractivity contribution in [3.63, 3.8) is 0 Å². The van der Waals surface area contributed by atoms with E-state index in [1.54, 1.807) is 25.4 Å². The Bertz CT molecular complexity index is 839. The second kappa shape index (κ2) is 7.14. The normalized spacial score (nSPS) is 10.3. The fraction of sp³-hybridized carbons (Fsp3) is 0.118. The monoisotopic (exact) mass is 341 g/mol. The molecule has 0 fully saturated rings. The van der Waals surface area contributed by atoms with Gasteiger partial charge >= 0.3 is 0 Å². The number of halogens is 1. The highest BCUT2D eigenvalue weighted by Crippen LogP contribution is 2.28. The molecule has 1 heterocycles. The smallest absolute Gasteiger partial charge is 0.249 e. The van der Waals surface area contributed by atoms with E-state index in [4.69, 9.17) is 16.3 Å². The van der Waals surface area contributed by atoms with Crippen LogP contribution in [0.2, 0.25) is 5.02 Å². The molecule has 122 valence electrons. The third kappa shape index (κ3) is 3.91. The standard InChI is InChI=1S/C17H16ClN5O/c1-11-3-5-12(6-4-11)20-16-10-19-23-17(22-16)21-13-7-8-15(24-2)14(18)9-13/h3-10H,1-2H3,(H2,20,21,22,23). The van der Waals surface area contributed by atoms with Gasteiger partial charge in [0.25, 0.3) is 0 Å². The molecule has 0 unspecified atom stereocenters. The second-order valence-electron chi connectivity index (χ2n) is 5.13. The van der Waals surface area contributed by atoms with Crippen molar-refractivity contribution in [2.75, 3.05) is 17.7 Å². The van der Waals surface area contributed by atoms with Crippen molar-refractivity contribution < 1.29 is 4.74 Å². The van der Waals surface area contributed by atoms with Gasteiger partial charge in [-0.1, -0.05) is 29.3 Å². The molecular formula is C17H16ClN5O. The summed E-state index contributed by atoms with van der Waals surface area (Å²) in [6.45, 7) is 2.04. The number of hydrogen-bond donors (Lipinski definition) is 2. The van der Waals surface area contributed by atoms with Crippen LogP contribution >= 0.6 is 11.6 Å². The Morgan fingerprint density at radius 3 is 2.46 bits per heavy atom. The Balaban J connectivity index is 1.75. The largest absolute Gasteiger partial charge is 0.495 e. The lowest BCUT2D eigenvalue weighted by molar-refractivity contribution is 0.415. The van der Waals surface area contributed by atoms with Crippen LogP contribution in [0.1, 0.15) is 5.56 Å². The predicted octanol–water partition coefficient (Wildman–Crippen LogP) is 4.33. The zero-order valence-electron chi connectivity index (χ0n) is 13.2. The van der Waals surface area contributed by atoms with Crippen molar-refractivity contribution in [3.8, 4) is 5.75 Å². The van der Waals surface area contributed by atoms with Gasteiger partial charge in [0.15, 0.2) is 5.82 Å². The highest BCUT2D eigenvalue weighted by atomic mass is 35.5. The molecule has 0 amide bonds. The van der Waals surface area contributed by atoms with E-state index < -0.39 is 0 Å². The number of nitrogens with zero attached hydrogens (tertiary/aromatic N) is 3. The summed E-state index contributed by atoms with van der Waals surface area (Å²) >= 11 is 6.11. The summed E-state index contributed by atoms with van der Waals surface area (Å²) in [7, 11) is 1.57. The number of benzene rings is 2. The lowest BCUT2D eigenvalue weighted by Gasteiger charge is -2.09. The second-order valence-corrected chi connectivity index (χ2v) is 5.54. The summed E-state index contributed by atoms with van der Waals surface area (Å²) in [5, 5.41) is 14.7. The average Bonchev–Trinajstić information content (AvgIpc) is 2.58. The number of anilines is 4. The highest BCUT2D eigenvalue weighted by molar-refractivity contribution is 6.32. The van der Waals surface area contributed by atoms with Gasteiger partial charge in [0, 0.05) is 11.4 Å². The van der Waals surface area contributed by atoms with Crippen LogP contribution in [0.15, 0.2) is 48.7 Å². The fourth-order valence-corrected chi connectivity index (χ4v) is 2.33. The van der Waals surface area contributed by atoms with E-state index in [0.29, 0.717) is 22.5 Å². The molecule has 0 radical (unpaired) electrons. The Morgan fingerprint density at radius 1 is 1.00 bits per heavy atom. The molecule has 0 aliphatic rings. The molecule has 7 heteroatoms. The van der Waals surface area contributed by atoms with Crippen molar-refractivity contribution in [2.24, 2.45) is 0 Å². The molecule has 0 bridgehead atoms. The number of hydrogen-bond acceptors (Lipinski definition) is 6. The van der Waals surface area contributed by atoms with Crippen LogP contribution in [0.25, 0.3) is 0 Å². The minimum atomic E-state index is 0.369. The topological polar surface area (TPSA) is 72.0 Å². The molecule has 3 rings (SSSR count). The number of nitrogens with one attached hydrogen (secondary N) is 2. The van der Waals surface area contributed by atoms with Crippen LogP contribution < -0.4 is 15.4 Å². The van der Waals surface area contributed by atoms with Gasteiger partial charge in [-0.3, -0.25) is 0 Å². The van der Waals surface area contributed by atoms with Crippen LogP contribution in [-0.4, -0.2) is 22.3 Å². The molecule has 0 aliphatic heterocycles. The van der Waals surface area contributed by atoms with Gasteiger partial charge in [-0.25, -0.2) is 0 Å². The quantitative estimate of drug-likeness (QED) is 0.719. The Hall–Kier alpha value is -2.86. The van der Waals surface area contributed by atoms with Crippen molar-refractivity contribution in [1.29, 1.82) is 0 Å². The first-order valence-corrected chi connectivity index (χ1v) is 7.66. The molecular weight excluding hydrogens is 326 g/mol. The molecule has 0 saturated heterocycles. The molecule has 2 N–H and O–H groups in total. The molecule has 6 nitrogen and oxygen atoms in total. The average molecular weight is 342 g/mol. The summed E-state index contributed by atoms with van der Waals surface area (Å²) in [6, 6.07) is 13.3. The van der Waals surface area contributed by atoms with Crippen LogP contribution in [0.5, 0.6) is 5.75 Å². The number of ether oxygens (including phenoxy) is 1. The van der Waals surface area contributed by atoms with Crippen molar-refractivity contribution in [1.82, 2.24) is 15.2 Å². The zero-order chi connectivity index (χ0) is 16.9. The maximum atomic E-state index is 6.11. The van der Waals surface area contributed by atoms with E-state index in [1.807, 2.05) is 37.3 Å². The SMILES string of the molecule is COc1ccc(Nc2nncc(Nc3ccc(C)cc3)n2)cc1Cl. The molecule has 24 heavy (non-hydrogen) atoms. The summed E-state index contributed by atoms with van der Waals surface area (Å²) < 4.78 is 5.13. The molecule has 0 spiro atoms. The third-order valence-electron chi connectivity index (χ3n) is 3.29. The van der Waals surface area contributed by atoms with Crippen molar-refractivity contribution in [2.45, 2.75) is 6.92 Å². The first-order valence-electron chi connectivity index (χ1n) is 7.28. The van der Waals surface area contributed by atoms with Gasteiger partial charge in [0.1, 0.15) is 5.75 Å². The first kappa shape index (κ1) is 16.0. The summed E-state index contributed by atoms with van der Waals surface area (Å²) in [5.41, 5.74) is 2.87. The van der Waals surface area contributed by atoms with E-state index in [9.17, 15) is 0 Å². The lowest BCUT2D eigenvalue weighted by atomic mass is 10.2. The number of rotatable bonds is 5. The number of aromatic nitrogens is 3. The number of methoxy groups -OCH3 is 1. The van der Waals surface area contributed by atoms with Gasteiger partial charge < -0.3 is 15.4 Å². The Morgan fingerprint density at radius 2 is 1.75 bits per heavy atom. The molecule has 3 aromatic rings. The van der Waals surface area contributed by atoms with Crippen LogP contribution in [-0.2, 0) is 0 Å². The van der Waals surface area contributed by atoms with Gasteiger partial charge in [0.05, 0.1) is 18.3 Å². The lowest BCUT2D eigenvalue weighted by Crippen LogP contribution is -2.02. The highest BCUT2D eigenvalue weighted by Gasteiger charge is 2.05. The van der Waals surface area contributed by atoms with Crippen molar-refractivity contribution in [3.05, 3.63) is 59.2 Å². The Kier molecular flexibility index (Phi) is 4.77. The minimum Gasteiger partial charge on any atom is -0.495 e. The fourth-order valence-electron chi connectivity index (χ4n) is 2.07. The van der Waals surface area contributed by atoms with Crippen LogP contribution in [0, 0.1) is 6.92 Å². The summed E-state index contributed by atoms with van der Waals surface area (Å²) in [4.78, 5) is 4.39. The van der Waals surface area contributed by atoms with Gasteiger partial charge in [-0.05, 0) is 37.3 Å². The maximum Gasteiger partial charge on any atom is 0.249 e. The molecule has 1 aromatic heterocycles. The van der Waals surface area contributed by atoms with Crippen LogP contribution in [0.3, 0.4) is 0 Å². The van der Waals surface area contributed by atoms with E-state index in [-0.39, 0.29) is 0 Å². The van der Waals surface area contributed by atoms with E-state index in [1.165, 1.54) is 5.56 Å². The number of aryl methyl sites for hydroxylation is 1. The summed E-state index contributed by atoms with van der Waals surface area (Å²) in [6.07, 6.45) is 1.56. The zero-order valence-corrected chi connectivity index (χ0v) is 14.0. The van der Waals surface area contributed by atoms with E-state index in [0.717, 1.165) is 11.4 Å². The molecule has 0 aliphatic carbocycles.